The second-order valence-corrected chi connectivity index (χ2v) is 40.9. The van der Waals surface area contributed by atoms with Gasteiger partial charge >= 0.3 is 157 Å². The first kappa shape index (κ1) is 120. The summed E-state index contributed by atoms with van der Waals surface area (Å²) < 4.78 is 26.0. The number of carbonyl (C=O) groups excluding carboxylic acids is 3. The van der Waals surface area contributed by atoms with Gasteiger partial charge in [-0.2, -0.15) is 0 Å². The van der Waals surface area contributed by atoms with Gasteiger partial charge in [-0.3, -0.25) is 4.79 Å². The minimum absolute atomic E-state index is 0. The van der Waals surface area contributed by atoms with E-state index in [0.717, 1.165) is 43.4 Å². The smallest absolute Gasteiger partial charge is 1.00 e. The zero-order valence-electron chi connectivity index (χ0n) is 82.4. The van der Waals surface area contributed by atoms with Crippen LogP contribution < -0.4 is 221 Å². The zero-order chi connectivity index (χ0) is 99.7. The first-order valence-corrected chi connectivity index (χ1v) is 52.0. The van der Waals surface area contributed by atoms with Gasteiger partial charge in [-0.25, -0.2) is 29.5 Å². The van der Waals surface area contributed by atoms with Crippen molar-refractivity contribution in [3.63, 3.8) is 0 Å². The molecule has 0 aliphatic rings. The molecule has 0 amide bonds. The summed E-state index contributed by atoms with van der Waals surface area (Å²) in [6.45, 7) is 5.20. The van der Waals surface area contributed by atoms with Crippen LogP contribution in [0.2, 0.25) is 0 Å². The van der Waals surface area contributed by atoms with Gasteiger partial charge in [-0.1, -0.05) is 400 Å². The molecule has 0 atom stereocenters. The van der Waals surface area contributed by atoms with Crippen molar-refractivity contribution >= 4 is 149 Å². The van der Waals surface area contributed by atoms with Gasteiger partial charge in [0.1, 0.15) is 17.3 Å². The van der Waals surface area contributed by atoms with E-state index < -0.39 is 31.7 Å². The molecule has 18 rings (SSSR count). The number of aliphatic hydroxyl groups is 2. The van der Waals surface area contributed by atoms with Crippen molar-refractivity contribution in [2.75, 3.05) is 34.7 Å². The van der Waals surface area contributed by atoms with Crippen molar-refractivity contribution in [2.24, 2.45) is 0 Å². The molecule has 2 heterocycles. The summed E-state index contributed by atoms with van der Waals surface area (Å²) in [5, 5.41) is 53.2. The van der Waals surface area contributed by atoms with Crippen LogP contribution in [0, 0.1) is 20.8 Å². The van der Waals surface area contributed by atoms with Crippen molar-refractivity contribution < 1.29 is 223 Å². The standard InChI is InChI=1S/C22H22N2O4S.4C18H15P.C16H16BO5.C6H7BrN2O.CH2O3.2Cs.Pd.H/c1-13-9-15(21(26)28-3)5-7-16(13)14-6-8-20(27-2)17(10-14)18-11-23-22(29-4)24-19(18)12-25;4*1-4-10-16(11-5-1)19(17-12-6-2-7-13-17)18-14-8-3-9-15-18;1-10-8-12(16(18)21-3)4-6-13(10)11-5-7-14(20-2)15(9-11)22-17-19;1-4-8-2-5(7)6(3-10)9-4;2-1-4-3;;;;/h5-11,25H,12H2,1-4H3;4*1-15H;4-9,19H,1-3H3;2,10H,3H2,1H3;1,3H;;;;/q;;;;;;;;2*+1;;-1/p-1. The molecule has 16 aromatic carbocycles. The molecule has 0 aliphatic carbocycles. The van der Waals surface area contributed by atoms with Crippen molar-refractivity contribution in [1.29, 1.82) is 0 Å². The first-order chi connectivity index (χ1) is 69.1. The second kappa shape index (κ2) is 66.8. The van der Waals surface area contributed by atoms with Gasteiger partial charge < -0.3 is 50.4 Å². The Morgan fingerprint density at radius 3 is 0.882 bits per heavy atom. The average molecular weight is 2400 g/mol. The van der Waals surface area contributed by atoms with E-state index in [4.69, 9.17) is 43.8 Å². The van der Waals surface area contributed by atoms with Crippen LogP contribution in [-0.4, -0.2) is 96.0 Å². The second-order valence-electron chi connectivity index (χ2n) is 30.4. The molecule has 3 N–H and O–H groups in total. The number of hydrogen-bond donors (Lipinski definition) is 3. The Morgan fingerprint density at radius 1 is 0.368 bits per heavy atom. The molecule has 0 bridgehead atoms. The van der Waals surface area contributed by atoms with Crippen LogP contribution in [0.5, 0.6) is 17.2 Å². The number of aryl methyl sites for hydroxylation is 3. The number of rotatable bonds is 25. The van der Waals surface area contributed by atoms with Crippen molar-refractivity contribution in [1.82, 2.24) is 19.9 Å². The molecule has 27 heteroatoms. The molecule has 0 fully saturated rings. The third kappa shape index (κ3) is 36.6. The normalized spacial score (nSPS) is 10.1. The third-order valence-corrected chi connectivity index (χ3v) is 32.2. The maximum Gasteiger partial charge on any atom is 1.00 e. The maximum absolute atomic E-state index is 11.8. The van der Waals surface area contributed by atoms with E-state index in [9.17, 15) is 14.7 Å². The fraction of sp³-hybridized carbons (Fsp3) is 0.0855. The Morgan fingerprint density at radius 2 is 0.646 bits per heavy atom. The average Bonchev–Trinajstić information content (AvgIpc) is 0.737. The van der Waals surface area contributed by atoms with Crippen LogP contribution >= 0.6 is 59.4 Å². The van der Waals surface area contributed by atoms with Gasteiger partial charge in [0.15, 0.2) is 10.9 Å². The van der Waals surface area contributed by atoms with Gasteiger partial charge in [0.05, 0.1) is 68.6 Å². The number of aromatic nitrogens is 4. The first-order valence-electron chi connectivity index (χ1n) is 44.6. The van der Waals surface area contributed by atoms with Crippen LogP contribution in [0.4, 0.5) is 0 Å². The summed E-state index contributed by atoms with van der Waals surface area (Å²) in [6, 6.07) is 151. The number of thioether (sulfide) groups is 1. The molecular formula is C117H107BBrCs2N4O13P4PdS. The van der Waals surface area contributed by atoms with E-state index in [-0.39, 0.29) is 191 Å². The number of ether oxygens (including phenoxy) is 4. The molecule has 0 saturated heterocycles. The number of nitrogens with zero attached hydrogens (tertiary/aromatic N) is 4. The van der Waals surface area contributed by atoms with Gasteiger partial charge in [0, 0.05) is 43.9 Å². The largest absolute Gasteiger partial charge is 1.00 e. The number of methoxy groups -OCH3 is 4. The van der Waals surface area contributed by atoms with Crippen LogP contribution in [0.25, 0.3) is 33.4 Å². The van der Waals surface area contributed by atoms with Crippen LogP contribution in [0.1, 0.15) is 50.5 Å². The Labute approximate surface area is 995 Å². The summed E-state index contributed by atoms with van der Waals surface area (Å²) in [4.78, 5) is 51.2. The van der Waals surface area contributed by atoms with E-state index in [1.54, 1.807) is 62.8 Å². The van der Waals surface area contributed by atoms with Gasteiger partial charge in [-0.05, 0) is 220 Å². The fourth-order valence-corrected chi connectivity index (χ4v) is 24.6. The van der Waals surface area contributed by atoms with Crippen molar-refractivity contribution in [3.8, 4) is 50.6 Å². The molecule has 1 radical (unpaired) electrons. The number of esters is 2. The Hall–Kier alpha value is -9.29. The fourth-order valence-electron chi connectivity index (χ4n) is 14.7. The third-order valence-electron chi connectivity index (χ3n) is 21.2. The van der Waals surface area contributed by atoms with E-state index in [1.165, 1.54) is 96.7 Å². The number of halogens is 1. The molecule has 17 nitrogen and oxygen atoms in total. The van der Waals surface area contributed by atoms with E-state index in [0.29, 0.717) is 64.0 Å². The summed E-state index contributed by atoms with van der Waals surface area (Å²) in [5.74, 6) is 1.51. The molecular weight excluding hydrogens is 2290 g/mol. The predicted octanol–water partition coefficient (Wildman–Crippen LogP) is 13.9. The topological polar surface area (TPSA) is 242 Å². The molecule has 18 aromatic rings. The molecule has 0 unspecified atom stereocenters. The minimum atomic E-state index is -0.446. The molecule has 2 aromatic heterocycles. The van der Waals surface area contributed by atoms with Crippen LogP contribution in [-0.2, 0) is 52.8 Å². The summed E-state index contributed by atoms with van der Waals surface area (Å²) in [7, 11) is 4.66. The van der Waals surface area contributed by atoms with E-state index >= 15 is 0 Å². The number of aliphatic hydroxyl groups excluding tert-OH is 2. The monoisotopic (exact) mass is 2390 g/mol. The number of carbonyl (C=O) groups is 3. The van der Waals surface area contributed by atoms with E-state index in [2.05, 4.69) is 405 Å². The predicted molar refractivity (Wildman–Crippen MR) is 586 cm³/mol. The minimum Gasteiger partial charge on any atom is -1.00 e. The Balaban J connectivity index is 0.000000230. The van der Waals surface area contributed by atoms with Gasteiger partial charge in [0.25, 0.3) is 6.47 Å². The number of hydrogen-bond acceptors (Lipinski definition) is 18. The molecule has 144 heavy (non-hydrogen) atoms. The Kier molecular flexibility index (Phi) is 55.7. The summed E-state index contributed by atoms with van der Waals surface area (Å²) in [6.07, 6.45) is 5.23. The van der Waals surface area contributed by atoms with Gasteiger partial charge in [0.2, 0.25) is 0 Å². The molecule has 0 aliphatic heterocycles. The van der Waals surface area contributed by atoms with Crippen LogP contribution in [0.3, 0.4) is 0 Å². The summed E-state index contributed by atoms with van der Waals surface area (Å²) >= 11 is 4.62. The molecule has 0 saturated carbocycles. The van der Waals surface area contributed by atoms with Gasteiger partial charge in [-0.15, -0.1) is 0 Å². The SMILES string of the molecule is COC(=O)c1ccc(-c2ccc(OC)c(-c3cnc(SC)nc3CO)c2)c(C)c1.COC(=O)c1ccc(-c2ccc(OC)c(O[B]O)c2)c(C)c1.Cc1ncc(Br)c(CO)n1.O=CO[O-].[Cs+].[Cs+].[H-].[Pd].c1ccc(P(c2ccccc2)c2ccccc2)cc1.c1ccc(P(c2ccccc2)c2ccccc2)cc1.c1ccc(P(c2ccccc2)c2ccccc2)cc1.c1ccc(P(c2ccccc2)c2ccccc2)cc1. The quantitative estimate of drug-likeness (QED) is 0.00704. The zero-order valence-corrected chi connectivity index (χ0v) is 101. The Bertz CT molecular complexity index is 5990. The molecule has 721 valence electrons. The van der Waals surface area contributed by atoms with Crippen molar-refractivity contribution in [3.05, 3.63) is 493 Å². The molecule has 0 spiro atoms. The van der Waals surface area contributed by atoms with E-state index in [1.807, 2.05) is 56.5 Å². The van der Waals surface area contributed by atoms with Crippen molar-refractivity contribution in [2.45, 2.75) is 39.1 Å². The summed E-state index contributed by atoms with van der Waals surface area (Å²) in [5.41, 5.74) is 9.30. The van der Waals surface area contributed by atoms with Crippen LogP contribution in [0.15, 0.2) is 459 Å². The number of benzene rings is 16. The maximum atomic E-state index is 11.8.